The summed E-state index contributed by atoms with van der Waals surface area (Å²) in [6, 6.07) is 2.31. The van der Waals surface area contributed by atoms with Gasteiger partial charge in [-0.1, -0.05) is 0 Å². The van der Waals surface area contributed by atoms with Crippen molar-refractivity contribution in [1.82, 2.24) is 0 Å². The molecule has 1 saturated carbocycles. The molecule has 0 atom stereocenters. The molecular weight excluding hydrogens is 252 g/mol. The van der Waals surface area contributed by atoms with E-state index in [1.165, 1.54) is 18.9 Å². The molecule has 0 unspecified atom stereocenters. The lowest BCUT2D eigenvalue weighted by molar-refractivity contribution is 0.596. The third kappa shape index (κ3) is 2.23. The van der Waals surface area contributed by atoms with Crippen LogP contribution in [0.15, 0.2) is 16.6 Å². The molecular formula is C10H10BrF2N. The minimum absolute atomic E-state index is 0.163. The Morgan fingerprint density at radius 2 is 2.07 bits per heavy atom. The molecule has 1 aromatic carbocycles. The van der Waals surface area contributed by atoms with Gasteiger partial charge in [-0.25, -0.2) is 8.78 Å². The van der Waals surface area contributed by atoms with Crippen molar-refractivity contribution >= 4 is 21.6 Å². The molecule has 1 aliphatic carbocycles. The quantitative estimate of drug-likeness (QED) is 0.821. The summed E-state index contributed by atoms with van der Waals surface area (Å²) in [4.78, 5) is 0. The molecule has 0 saturated heterocycles. The minimum atomic E-state index is -0.434. The first-order valence-corrected chi connectivity index (χ1v) is 5.34. The second-order valence-electron chi connectivity index (χ2n) is 3.57. The van der Waals surface area contributed by atoms with Gasteiger partial charge >= 0.3 is 0 Å². The fourth-order valence-electron chi connectivity index (χ4n) is 1.26. The van der Waals surface area contributed by atoms with E-state index in [0.29, 0.717) is 5.92 Å². The number of nitrogens with one attached hydrogen (secondary N) is 1. The highest BCUT2D eigenvalue weighted by Gasteiger charge is 2.21. The third-order valence-electron chi connectivity index (χ3n) is 2.27. The van der Waals surface area contributed by atoms with Gasteiger partial charge in [0, 0.05) is 12.6 Å². The largest absolute Gasteiger partial charge is 0.382 e. The lowest BCUT2D eigenvalue weighted by atomic mass is 10.3. The molecule has 14 heavy (non-hydrogen) atoms. The summed E-state index contributed by atoms with van der Waals surface area (Å²) in [5.74, 6) is -0.222. The van der Waals surface area contributed by atoms with E-state index in [2.05, 4.69) is 21.2 Å². The lowest BCUT2D eigenvalue weighted by Crippen LogP contribution is -2.05. The monoisotopic (exact) mass is 261 g/mol. The van der Waals surface area contributed by atoms with Gasteiger partial charge in [0.05, 0.1) is 10.2 Å². The number of benzene rings is 1. The van der Waals surface area contributed by atoms with Gasteiger partial charge in [0.1, 0.15) is 5.82 Å². The van der Waals surface area contributed by atoms with Crippen LogP contribution in [0.3, 0.4) is 0 Å². The maximum absolute atomic E-state index is 13.4. The van der Waals surface area contributed by atoms with Gasteiger partial charge in [0.25, 0.3) is 0 Å². The molecule has 0 spiro atoms. The van der Waals surface area contributed by atoms with Crippen molar-refractivity contribution in [2.24, 2.45) is 5.92 Å². The Labute approximate surface area is 89.6 Å². The molecule has 0 amide bonds. The second kappa shape index (κ2) is 3.85. The topological polar surface area (TPSA) is 12.0 Å². The number of anilines is 1. The van der Waals surface area contributed by atoms with Crippen molar-refractivity contribution in [1.29, 1.82) is 0 Å². The molecule has 0 aromatic heterocycles. The summed E-state index contributed by atoms with van der Waals surface area (Å²) in [6.07, 6.45) is 2.37. The molecule has 0 radical (unpaired) electrons. The standard InChI is InChI=1S/C10H10BrF2N/c11-8-3-7(12)4-9(10(8)13)14-5-6-1-2-6/h3-4,6,14H,1-2,5H2. The molecule has 76 valence electrons. The van der Waals surface area contributed by atoms with Crippen LogP contribution in [0.4, 0.5) is 14.5 Å². The SMILES string of the molecule is Fc1cc(Br)c(F)c(NCC2CC2)c1. The Kier molecular flexibility index (Phi) is 2.72. The van der Waals surface area contributed by atoms with Gasteiger partial charge in [-0.2, -0.15) is 0 Å². The fraction of sp³-hybridized carbons (Fsp3) is 0.400. The molecule has 2 rings (SSSR count). The third-order valence-corrected chi connectivity index (χ3v) is 2.85. The number of halogens is 3. The molecule has 1 fully saturated rings. The first kappa shape index (κ1) is 9.90. The van der Waals surface area contributed by atoms with Gasteiger partial charge in [-0.15, -0.1) is 0 Å². The Morgan fingerprint density at radius 1 is 1.36 bits per heavy atom. The number of rotatable bonds is 3. The molecule has 1 aromatic rings. The Hall–Kier alpha value is -0.640. The smallest absolute Gasteiger partial charge is 0.160 e. The van der Waals surface area contributed by atoms with Crippen LogP contribution < -0.4 is 5.32 Å². The van der Waals surface area contributed by atoms with Gasteiger partial charge in [0.2, 0.25) is 0 Å². The summed E-state index contributed by atoms with van der Waals surface area (Å²) >= 11 is 2.96. The van der Waals surface area contributed by atoms with Crippen molar-refractivity contribution in [2.75, 3.05) is 11.9 Å². The summed E-state index contributed by atoms with van der Waals surface area (Å²) in [5.41, 5.74) is 0.240. The van der Waals surface area contributed by atoms with Gasteiger partial charge < -0.3 is 5.32 Å². The minimum Gasteiger partial charge on any atom is -0.382 e. The Balaban J connectivity index is 2.13. The first-order valence-electron chi connectivity index (χ1n) is 4.55. The summed E-state index contributed by atoms with van der Waals surface area (Å²) in [5, 5.41) is 2.91. The maximum Gasteiger partial charge on any atom is 0.160 e. The molecule has 0 heterocycles. The second-order valence-corrected chi connectivity index (χ2v) is 4.43. The molecule has 0 aliphatic heterocycles. The normalized spacial score (nSPS) is 15.6. The Morgan fingerprint density at radius 3 is 2.71 bits per heavy atom. The van der Waals surface area contributed by atoms with E-state index in [-0.39, 0.29) is 10.2 Å². The summed E-state index contributed by atoms with van der Waals surface area (Å²) < 4.78 is 26.5. The highest BCUT2D eigenvalue weighted by atomic mass is 79.9. The van der Waals surface area contributed by atoms with Gasteiger partial charge in [0.15, 0.2) is 5.82 Å². The maximum atomic E-state index is 13.4. The number of hydrogen-bond donors (Lipinski definition) is 1. The van der Waals surface area contributed by atoms with Gasteiger partial charge in [-0.3, -0.25) is 0 Å². The van der Waals surface area contributed by atoms with E-state index in [1.807, 2.05) is 0 Å². The zero-order valence-corrected chi connectivity index (χ0v) is 9.07. The van der Waals surface area contributed by atoms with Crippen molar-refractivity contribution in [2.45, 2.75) is 12.8 Å². The van der Waals surface area contributed by atoms with Crippen LogP contribution in [0, 0.1) is 17.6 Å². The van der Waals surface area contributed by atoms with Crippen LogP contribution in [-0.2, 0) is 0 Å². The van der Waals surface area contributed by atoms with Gasteiger partial charge in [-0.05, 0) is 40.8 Å². The molecule has 1 aliphatic rings. The van der Waals surface area contributed by atoms with Crippen molar-refractivity contribution in [3.8, 4) is 0 Å². The van der Waals surface area contributed by atoms with Crippen LogP contribution in [0.5, 0.6) is 0 Å². The summed E-state index contributed by atoms with van der Waals surface area (Å²) in [6.45, 7) is 0.729. The lowest BCUT2D eigenvalue weighted by Gasteiger charge is -2.07. The van der Waals surface area contributed by atoms with E-state index >= 15 is 0 Å². The molecule has 0 bridgehead atoms. The molecule has 4 heteroatoms. The Bertz CT molecular complexity index is 350. The predicted molar refractivity (Wildman–Crippen MR) is 55.3 cm³/mol. The first-order chi connectivity index (χ1) is 6.66. The van der Waals surface area contributed by atoms with E-state index in [9.17, 15) is 8.78 Å². The van der Waals surface area contributed by atoms with E-state index in [1.54, 1.807) is 0 Å². The van der Waals surface area contributed by atoms with Crippen molar-refractivity contribution in [3.63, 3.8) is 0 Å². The summed E-state index contributed by atoms with van der Waals surface area (Å²) in [7, 11) is 0. The van der Waals surface area contributed by atoms with E-state index < -0.39 is 11.6 Å². The van der Waals surface area contributed by atoms with E-state index in [4.69, 9.17) is 0 Å². The average Bonchev–Trinajstić information content (AvgIpc) is 2.92. The molecule has 1 nitrogen and oxygen atoms in total. The zero-order valence-electron chi connectivity index (χ0n) is 7.49. The van der Waals surface area contributed by atoms with Crippen LogP contribution >= 0.6 is 15.9 Å². The number of hydrogen-bond acceptors (Lipinski definition) is 1. The zero-order chi connectivity index (χ0) is 10.1. The predicted octanol–water partition coefficient (Wildman–Crippen LogP) is 3.55. The molecule has 1 N–H and O–H groups in total. The highest BCUT2D eigenvalue weighted by molar-refractivity contribution is 9.10. The van der Waals surface area contributed by atoms with Crippen LogP contribution in [-0.4, -0.2) is 6.54 Å². The average molecular weight is 262 g/mol. The van der Waals surface area contributed by atoms with Crippen molar-refractivity contribution < 1.29 is 8.78 Å². The highest BCUT2D eigenvalue weighted by Crippen LogP contribution is 2.30. The van der Waals surface area contributed by atoms with E-state index in [0.717, 1.165) is 12.6 Å². The van der Waals surface area contributed by atoms with Crippen LogP contribution in [0.2, 0.25) is 0 Å². The van der Waals surface area contributed by atoms with Crippen LogP contribution in [0.1, 0.15) is 12.8 Å². The fourth-order valence-corrected chi connectivity index (χ4v) is 1.69. The van der Waals surface area contributed by atoms with Crippen molar-refractivity contribution in [3.05, 3.63) is 28.2 Å². The van der Waals surface area contributed by atoms with Crippen LogP contribution in [0.25, 0.3) is 0 Å².